The fourth-order valence-corrected chi connectivity index (χ4v) is 3.57. The minimum Gasteiger partial charge on any atom is -0.492 e. The van der Waals surface area contributed by atoms with Crippen molar-refractivity contribution in [3.8, 4) is 5.75 Å². The third kappa shape index (κ3) is 7.23. The number of sulfonamides is 1. The number of hydrogen-bond acceptors (Lipinski definition) is 4. The van der Waals surface area contributed by atoms with E-state index in [9.17, 15) is 13.2 Å². The Hall–Kier alpha value is -1.76. The van der Waals surface area contributed by atoms with Crippen molar-refractivity contribution in [2.24, 2.45) is 5.92 Å². The SMILES string of the molecule is CCCC[C@H](CC)CNC(=O)CN(c1ccccc1OCC)S(C)(=O)=O. The summed E-state index contributed by atoms with van der Waals surface area (Å²) in [4.78, 5) is 12.4. The van der Waals surface area contributed by atoms with Crippen LogP contribution in [0.5, 0.6) is 5.75 Å². The number of anilines is 1. The molecule has 0 bridgehead atoms. The maximum Gasteiger partial charge on any atom is 0.240 e. The molecule has 1 atom stereocenters. The number of benzene rings is 1. The Balaban J connectivity index is 2.85. The fraction of sp³-hybridized carbons (Fsp3) is 0.632. The van der Waals surface area contributed by atoms with Gasteiger partial charge >= 0.3 is 0 Å². The second kappa shape index (κ2) is 11.1. The van der Waals surface area contributed by atoms with Crippen LogP contribution in [0.2, 0.25) is 0 Å². The summed E-state index contributed by atoms with van der Waals surface area (Å²) in [5.74, 6) is 0.556. The van der Waals surface area contributed by atoms with Gasteiger partial charge in [0, 0.05) is 6.54 Å². The first-order valence-corrected chi connectivity index (χ1v) is 11.1. The van der Waals surface area contributed by atoms with Gasteiger partial charge in [0.2, 0.25) is 15.9 Å². The summed E-state index contributed by atoms with van der Waals surface area (Å²) in [7, 11) is -3.62. The van der Waals surface area contributed by atoms with E-state index >= 15 is 0 Å². The highest BCUT2D eigenvalue weighted by molar-refractivity contribution is 7.92. The second-order valence-corrected chi connectivity index (χ2v) is 8.30. The lowest BCUT2D eigenvalue weighted by atomic mass is 9.99. The average molecular weight is 385 g/mol. The molecule has 1 amide bonds. The molecule has 1 aromatic carbocycles. The Morgan fingerprint density at radius 1 is 1.23 bits per heavy atom. The zero-order valence-electron chi connectivity index (χ0n) is 16.3. The molecule has 0 aromatic heterocycles. The van der Waals surface area contributed by atoms with Crippen LogP contribution >= 0.6 is 0 Å². The first kappa shape index (κ1) is 22.3. The van der Waals surface area contributed by atoms with Crippen LogP contribution in [-0.4, -0.2) is 40.3 Å². The summed E-state index contributed by atoms with van der Waals surface area (Å²) in [6.07, 6.45) is 5.41. The normalized spacial score (nSPS) is 12.5. The Morgan fingerprint density at radius 2 is 1.92 bits per heavy atom. The lowest BCUT2D eigenvalue weighted by Crippen LogP contribution is -2.41. The maximum atomic E-state index is 12.4. The molecule has 148 valence electrons. The number of nitrogens with one attached hydrogen (secondary N) is 1. The molecule has 1 N–H and O–H groups in total. The van der Waals surface area contributed by atoms with Crippen molar-refractivity contribution in [2.45, 2.75) is 46.5 Å². The van der Waals surface area contributed by atoms with Crippen molar-refractivity contribution < 1.29 is 17.9 Å². The van der Waals surface area contributed by atoms with E-state index in [1.807, 2.05) is 6.92 Å². The number of unbranched alkanes of at least 4 members (excludes halogenated alkanes) is 1. The minimum absolute atomic E-state index is 0.257. The maximum absolute atomic E-state index is 12.4. The van der Waals surface area contributed by atoms with Gasteiger partial charge in [-0.25, -0.2) is 8.42 Å². The molecule has 0 saturated carbocycles. The average Bonchev–Trinajstić information content (AvgIpc) is 2.60. The van der Waals surface area contributed by atoms with Gasteiger partial charge in [0.15, 0.2) is 0 Å². The van der Waals surface area contributed by atoms with Crippen LogP contribution in [0.1, 0.15) is 46.5 Å². The van der Waals surface area contributed by atoms with Crippen LogP contribution in [-0.2, 0) is 14.8 Å². The molecule has 0 aliphatic carbocycles. The minimum atomic E-state index is -3.62. The van der Waals surface area contributed by atoms with Gasteiger partial charge in [-0.1, -0.05) is 45.2 Å². The number of amides is 1. The molecular formula is C19H32N2O4S. The topological polar surface area (TPSA) is 75.7 Å². The van der Waals surface area contributed by atoms with E-state index in [-0.39, 0.29) is 12.5 Å². The largest absolute Gasteiger partial charge is 0.492 e. The third-order valence-corrected chi connectivity index (χ3v) is 5.38. The first-order valence-electron chi connectivity index (χ1n) is 9.29. The van der Waals surface area contributed by atoms with Gasteiger partial charge in [-0.3, -0.25) is 9.10 Å². The number of ether oxygens (including phenoxy) is 1. The number of hydrogen-bond donors (Lipinski definition) is 1. The van der Waals surface area contributed by atoms with Crippen LogP contribution in [0.4, 0.5) is 5.69 Å². The first-order chi connectivity index (χ1) is 12.3. The smallest absolute Gasteiger partial charge is 0.240 e. The van der Waals surface area contributed by atoms with Crippen molar-refractivity contribution in [1.29, 1.82) is 0 Å². The van der Waals surface area contributed by atoms with Crippen LogP contribution < -0.4 is 14.4 Å². The van der Waals surface area contributed by atoms with Crippen molar-refractivity contribution in [3.05, 3.63) is 24.3 Å². The predicted octanol–water partition coefficient (Wildman–Crippen LogP) is 3.18. The van der Waals surface area contributed by atoms with E-state index in [4.69, 9.17) is 4.74 Å². The van der Waals surface area contributed by atoms with Gasteiger partial charge in [0.05, 0.1) is 18.6 Å². The van der Waals surface area contributed by atoms with Crippen molar-refractivity contribution in [2.75, 3.05) is 30.3 Å². The Morgan fingerprint density at radius 3 is 2.50 bits per heavy atom. The van der Waals surface area contributed by atoms with Gasteiger partial charge in [-0.2, -0.15) is 0 Å². The Kier molecular flexibility index (Phi) is 9.48. The van der Waals surface area contributed by atoms with E-state index < -0.39 is 10.0 Å². The molecule has 0 aliphatic rings. The van der Waals surface area contributed by atoms with Crippen molar-refractivity contribution in [3.63, 3.8) is 0 Å². The highest BCUT2D eigenvalue weighted by Crippen LogP contribution is 2.29. The van der Waals surface area contributed by atoms with E-state index in [0.717, 1.165) is 36.2 Å². The highest BCUT2D eigenvalue weighted by atomic mass is 32.2. The zero-order valence-corrected chi connectivity index (χ0v) is 17.1. The molecule has 0 fully saturated rings. The summed E-state index contributed by atoms with van der Waals surface area (Å²) in [5.41, 5.74) is 0.380. The van der Waals surface area contributed by atoms with E-state index in [1.54, 1.807) is 24.3 Å². The van der Waals surface area contributed by atoms with E-state index in [0.29, 0.717) is 30.5 Å². The molecule has 26 heavy (non-hydrogen) atoms. The molecule has 1 aromatic rings. The van der Waals surface area contributed by atoms with Crippen molar-refractivity contribution in [1.82, 2.24) is 5.32 Å². The summed E-state index contributed by atoms with van der Waals surface area (Å²) in [6.45, 7) is 6.80. The lowest BCUT2D eigenvalue weighted by Gasteiger charge is -2.24. The predicted molar refractivity (Wildman–Crippen MR) is 106 cm³/mol. The quantitative estimate of drug-likeness (QED) is 0.600. The Labute approximate surface area is 158 Å². The van der Waals surface area contributed by atoms with Crippen LogP contribution in [0.3, 0.4) is 0 Å². The molecule has 0 aliphatic heterocycles. The third-order valence-electron chi connectivity index (χ3n) is 4.25. The zero-order chi connectivity index (χ0) is 19.6. The monoisotopic (exact) mass is 384 g/mol. The lowest BCUT2D eigenvalue weighted by molar-refractivity contribution is -0.119. The number of para-hydroxylation sites is 2. The fourth-order valence-electron chi connectivity index (χ4n) is 2.71. The van der Waals surface area contributed by atoms with Crippen LogP contribution in [0.25, 0.3) is 0 Å². The molecule has 0 heterocycles. The van der Waals surface area contributed by atoms with Gasteiger partial charge in [0.1, 0.15) is 12.3 Å². The van der Waals surface area contributed by atoms with Gasteiger partial charge in [0.25, 0.3) is 0 Å². The molecule has 7 heteroatoms. The van der Waals surface area contributed by atoms with Crippen LogP contribution in [0.15, 0.2) is 24.3 Å². The number of rotatable bonds is 12. The molecule has 0 spiro atoms. The van der Waals surface area contributed by atoms with E-state index in [1.165, 1.54) is 0 Å². The van der Waals surface area contributed by atoms with Gasteiger partial charge in [-0.15, -0.1) is 0 Å². The standard InChI is InChI=1S/C19H32N2O4S/c1-5-8-11-16(6-2)14-20-19(22)15-21(26(4,23)24)17-12-9-10-13-18(17)25-7-3/h9-10,12-13,16H,5-8,11,14-15H2,1-4H3,(H,20,22)/t16-/m0/s1. The molecule has 0 saturated heterocycles. The van der Waals surface area contributed by atoms with Gasteiger partial charge < -0.3 is 10.1 Å². The van der Waals surface area contributed by atoms with Gasteiger partial charge in [-0.05, 0) is 31.4 Å². The molecule has 0 radical (unpaired) electrons. The summed E-state index contributed by atoms with van der Waals surface area (Å²) in [5, 5.41) is 2.88. The Bertz CT molecular complexity index is 661. The van der Waals surface area contributed by atoms with E-state index in [2.05, 4.69) is 19.2 Å². The molecular weight excluding hydrogens is 352 g/mol. The second-order valence-electron chi connectivity index (χ2n) is 6.39. The van der Waals surface area contributed by atoms with Crippen LogP contribution in [0, 0.1) is 5.92 Å². The number of carbonyl (C=O) groups excluding carboxylic acids is 1. The van der Waals surface area contributed by atoms with Crippen molar-refractivity contribution >= 4 is 21.6 Å². The summed E-state index contributed by atoms with van der Waals surface area (Å²) >= 11 is 0. The molecule has 1 rings (SSSR count). The number of nitrogens with zero attached hydrogens (tertiary/aromatic N) is 1. The molecule has 6 nitrogen and oxygen atoms in total. The summed E-state index contributed by atoms with van der Waals surface area (Å²) in [6, 6.07) is 6.85. The number of carbonyl (C=O) groups is 1. The molecule has 0 unspecified atom stereocenters. The highest BCUT2D eigenvalue weighted by Gasteiger charge is 2.24. The summed E-state index contributed by atoms with van der Waals surface area (Å²) < 4.78 is 31.1.